The number of carbonyl (C=O) groups is 1. The van der Waals surface area contributed by atoms with E-state index in [1.165, 1.54) is 18.2 Å². The summed E-state index contributed by atoms with van der Waals surface area (Å²) in [4.78, 5) is 12.8. The van der Waals surface area contributed by atoms with Gasteiger partial charge in [-0.15, -0.1) is 0 Å². The predicted octanol–water partition coefficient (Wildman–Crippen LogP) is 6.44. The highest BCUT2D eigenvalue weighted by Crippen LogP contribution is 2.27. The molecule has 0 unspecified atom stereocenters. The monoisotopic (exact) mass is 530 g/mol. The number of amides is 1. The molecule has 10 heteroatoms. The van der Waals surface area contributed by atoms with Crippen LogP contribution in [0.25, 0.3) is 0 Å². The lowest BCUT2D eigenvalue weighted by atomic mass is 10.2. The van der Waals surface area contributed by atoms with E-state index in [0.29, 0.717) is 21.3 Å². The Labute approximate surface area is 206 Å². The number of sulfonamides is 1. The summed E-state index contributed by atoms with van der Waals surface area (Å²) in [5.41, 5.74) is 1.81. The van der Waals surface area contributed by atoms with Crippen molar-refractivity contribution in [2.75, 3.05) is 11.9 Å². The minimum absolute atomic E-state index is 0.0699. The van der Waals surface area contributed by atoms with Gasteiger partial charge in [0.1, 0.15) is 0 Å². The van der Waals surface area contributed by atoms with Crippen molar-refractivity contribution in [2.45, 2.75) is 18.4 Å². The Morgan fingerprint density at radius 1 is 0.875 bits per heavy atom. The van der Waals surface area contributed by atoms with Crippen molar-refractivity contribution in [1.82, 2.24) is 4.31 Å². The quantitative estimate of drug-likeness (QED) is 0.381. The molecule has 0 aliphatic carbocycles. The molecule has 1 N–H and O–H groups in total. The van der Waals surface area contributed by atoms with Crippen LogP contribution in [0.3, 0.4) is 0 Å². The lowest BCUT2D eigenvalue weighted by Gasteiger charge is -2.22. The van der Waals surface area contributed by atoms with Crippen LogP contribution in [0.2, 0.25) is 20.1 Å². The zero-order valence-corrected chi connectivity index (χ0v) is 20.6. The molecule has 0 saturated carbocycles. The van der Waals surface area contributed by atoms with Crippen LogP contribution in [0.5, 0.6) is 0 Å². The Balaban J connectivity index is 1.90. The van der Waals surface area contributed by atoms with Crippen molar-refractivity contribution in [3.8, 4) is 0 Å². The number of anilines is 1. The first-order valence-corrected chi connectivity index (χ1v) is 12.3. The molecule has 3 rings (SSSR count). The molecule has 0 aliphatic heterocycles. The third kappa shape index (κ3) is 6.16. The molecule has 0 atom stereocenters. The number of hydrogen-bond acceptors (Lipinski definition) is 3. The lowest BCUT2D eigenvalue weighted by Crippen LogP contribution is -2.37. The molecule has 0 bridgehead atoms. The van der Waals surface area contributed by atoms with Crippen LogP contribution in [0, 0.1) is 6.92 Å². The second-order valence-electron chi connectivity index (χ2n) is 7.01. The van der Waals surface area contributed by atoms with Gasteiger partial charge in [0.05, 0.1) is 32.2 Å². The maximum atomic E-state index is 13.3. The first-order valence-electron chi connectivity index (χ1n) is 9.32. The van der Waals surface area contributed by atoms with Gasteiger partial charge in [0.25, 0.3) is 0 Å². The summed E-state index contributed by atoms with van der Waals surface area (Å²) in [6, 6.07) is 15.8. The van der Waals surface area contributed by atoms with Crippen molar-refractivity contribution in [1.29, 1.82) is 0 Å². The van der Waals surface area contributed by atoms with Gasteiger partial charge in [0, 0.05) is 11.6 Å². The molecule has 0 radical (unpaired) electrons. The van der Waals surface area contributed by atoms with E-state index < -0.39 is 22.5 Å². The minimum Gasteiger partial charge on any atom is -0.324 e. The van der Waals surface area contributed by atoms with Gasteiger partial charge >= 0.3 is 0 Å². The summed E-state index contributed by atoms with van der Waals surface area (Å²) in [5, 5.41) is 3.91. The van der Waals surface area contributed by atoms with Crippen molar-refractivity contribution >= 4 is 68.0 Å². The molecule has 0 aromatic heterocycles. The maximum Gasteiger partial charge on any atom is 0.243 e. The highest BCUT2D eigenvalue weighted by Gasteiger charge is 2.27. The van der Waals surface area contributed by atoms with Gasteiger partial charge in [0.15, 0.2) is 0 Å². The molecule has 3 aromatic rings. The second kappa shape index (κ2) is 10.4. The average Bonchev–Trinajstić information content (AvgIpc) is 2.72. The van der Waals surface area contributed by atoms with E-state index in [2.05, 4.69) is 5.32 Å². The van der Waals surface area contributed by atoms with Gasteiger partial charge in [-0.3, -0.25) is 4.79 Å². The van der Waals surface area contributed by atoms with Gasteiger partial charge in [-0.05, 0) is 55.0 Å². The molecule has 0 aliphatic rings. The van der Waals surface area contributed by atoms with Crippen LogP contribution in [-0.2, 0) is 21.4 Å². The van der Waals surface area contributed by atoms with Crippen LogP contribution in [-0.4, -0.2) is 25.2 Å². The zero-order valence-electron chi connectivity index (χ0n) is 16.8. The van der Waals surface area contributed by atoms with E-state index >= 15 is 0 Å². The fourth-order valence-corrected chi connectivity index (χ4v) is 5.03. The molecular formula is C22H18Cl4N2O3S. The van der Waals surface area contributed by atoms with E-state index in [0.717, 1.165) is 9.87 Å². The summed E-state index contributed by atoms with van der Waals surface area (Å²) in [7, 11) is -4.00. The number of benzene rings is 3. The standard InChI is InChI=1S/C22H18Cl4N2O3S/c1-14-2-6-17(7-3-14)32(30,31)28(12-15-4-8-18(24)19(25)10-15)13-22(29)27-21-9-5-16(23)11-20(21)26/h2-11H,12-13H2,1H3,(H,27,29). The molecule has 0 heterocycles. The van der Waals surface area contributed by atoms with Crippen molar-refractivity contribution in [3.05, 3.63) is 91.9 Å². The average molecular weight is 532 g/mol. The highest BCUT2D eigenvalue weighted by atomic mass is 35.5. The van der Waals surface area contributed by atoms with Crippen molar-refractivity contribution < 1.29 is 13.2 Å². The fraction of sp³-hybridized carbons (Fsp3) is 0.136. The largest absolute Gasteiger partial charge is 0.324 e. The van der Waals surface area contributed by atoms with E-state index in [1.807, 2.05) is 6.92 Å². The van der Waals surface area contributed by atoms with Crippen LogP contribution >= 0.6 is 46.4 Å². The number of rotatable bonds is 7. The number of hydrogen-bond donors (Lipinski definition) is 1. The molecule has 3 aromatic carbocycles. The topological polar surface area (TPSA) is 66.5 Å². The fourth-order valence-electron chi connectivity index (χ4n) is 2.87. The van der Waals surface area contributed by atoms with Crippen LogP contribution in [0.15, 0.2) is 65.6 Å². The first kappa shape index (κ1) is 24.8. The van der Waals surface area contributed by atoms with Gasteiger partial charge in [-0.25, -0.2) is 8.42 Å². The molecule has 5 nitrogen and oxygen atoms in total. The Morgan fingerprint density at radius 2 is 1.56 bits per heavy atom. The molecule has 0 spiro atoms. The number of carbonyl (C=O) groups excluding carboxylic acids is 1. The second-order valence-corrected chi connectivity index (χ2v) is 10.6. The van der Waals surface area contributed by atoms with Crippen molar-refractivity contribution in [2.24, 2.45) is 0 Å². The molecule has 168 valence electrons. The summed E-state index contributed by atoms with van der Waals surface area (Å²) < 4.78 is 27.8. The summed E-state index contributed by atoms with van der Waals surface area (Å²) in [6.07, 6.45) is 0. The Kier molecular flexibility index (Phi) is 8.09. The zero-order chi connectivity index (χ0) is 23.5. The first-order chi connectivity index (χ1) is 15.1. The van der Waals surface area contributed by atoms with Crippen molar-refractivity contribution in [3.63, 3.8) is 0 Å². The number of nitrogens with one attached hydrogen (secondary N) is 1. The van der Waals surface area contributed by atoms with E-state index in [9.17, 15) is 13.2 Å². The smallest absolute Gasteiger partial charge is 0.243 e. The molecule has 1 amide bonds. The van der Waals surface area contributed by atoms with E-state index in [4.69, 9.17) is 46.4 Å². The van der Waals surface area contributed by atoms with Gasteiger partial charge < -0.3 is 5.32 Å². The lowest BCUT2D eigenvalue weighted by molar-refractivity contribution is -0.116. The predicted molar refractivity (Wildman–Crippen MR) is 130 cm³/mol. The summed E-state index contributed by atoms with van der Waals surface area (Å²) >= 11 is 24.1. The molecule has 32 heavy (non-hydrogen) atoms. The summed E-state index contributed by atoms with van der Waals surface area (Å²) in [5.74, 6) is -0.565. The van der Waals surface area contributed by atoms with Gasteiger partial charge in [-0.2, -0.15) is 4.31 Å². The Morgan fingerprint density at radius 3 is 2.19 bits per heavy atom. The van der Waals surface area contributed by atoms with E-state index in [1.54, 1.807) is 42.5 Å². The number of aryl methyl sites for hydroxylation is 1. The van der Waals surface area contributed by atoms with Crippen LogP contribution in [0.1, 0.15) is 11.1 Å². The van der Waals surface area contributed by atoms with E-state index in [-0.39, 0.29) is 21.5 Å². The molecule has 0 fully saturated rings. The summed E-state index contributed by atoms with van der Waals surface area (Å²) in [6.45, 7) is 1.32. The highest BCUT2D eigenvalue weighted by molar-refractivity contribution is 7.89. The van der Waals surface area contributed by atoms with Crippen LogP contribution in [0.4, 0.5) is 5.69 Å². The van der Waals surface area contributed by atoms with Gasteiger partial charge in [0.2, 0.25) is 15.9 Å². The number of nitrogens with zero attached hydrogens (tertiary/aromatic N) is 1. The SMILES string of the molecule is Cc1ccc(S(=O)(=O)N(CC(=O)Nc2ccc(Cl)cc2Cl)Cc2ccc(Cl)c(Cl)c2)cc1. The van der Waals surface area contributed by atoms with Crippen LogP contribution < -0.4 is 5.32 Å². The third-order valence-corrected chi connectivity index (χ3v) is 7.62. The molecule has 0 saturated heterocycles. The minimum atomic E-state index is -4.00. The maximum absolute atomic E-state index is 13.3. The number of halogens is 4. The molecular weight excluding hydrogens is 514 g/mol. The Bertz CT molecular complexity index is 1250. The Hall–Kier alpha value is -1.80. The normalized spacial score (nSPS) is 11.6. The van der Waals surface area contributed by atoms with Gasteiger partial charge in [-0.1, -0.05) is 70.2 Å². The third-order valence-electron chi connectivity index (χ3n) is 4.53.